The largest absolute Gasteiger partial charge is 0.372 e. The van der Waals surface area contributed by atoms with Crippen molar-refractivity contribution >= 4 is 22.4 Å². The average molecular weight is 388 g/mol. The molecule has 0 atom stereocenters. The molecular formula is C22H24N6O. The lowest BCUT2D eigenvalue weighted by Crippen LogP contribution is -2.48. The van der Waals surface area contributed by atoms with E-state index in [1.54, 1.807) is 0 Å². The zero-order chi connectivity index (χ0) is 19.6. The van der Waals surface area contributed by atoms with Crippen molar-refractivity contribution in [1.82, 2.24) is 24.8 Å². The van der Waals surface area contributed by atoms with Crippen LogP contribution in [0.3, 0.4) is 0 Å². The van der Waals surface area contributed by atoms with E-state index >= 15 is 0 Å². The number of nitrogens with one attached hydrogen (secondary N) is 1. The Kier molecular flexibility index (Phi) is 3.53. The first kappa shape index (κ1) is 17.0. The van der Waals surface area contributed by atoms with Crippen molar-refractivity contribution in [1.29, 1.82) is 0 Å². The Bertz CT molecular complexity index is 1220. The molecule has 7 heteroatoms. The van der Waals surface area contributed by atoms with Crippen molar-refractivity contribution in [3.05, 3.63) is 42.2 Å². The molecule has 1 aromatic carbocycles. The lowest BCUT2D eigenvalue weighted by Gasteiger charge is -2.38. The molecule has 0 amide bonds. The van der Waals surface area contributed by atoms with Crippen LogP contribution in [0, 0.1) is 0 Å². The minimum atomic E-state index is -0.168. The summed E-state index contributed by atoms with van der Waals surface area (Å²) in [6.45, 7) is 6.62. The molecule has 1 aliphatic carbocycles. The smallest absolute Gasteiger partial charge is 0.154 e. The quantitative estimate of drug-likeness (QED) is 0.579. The number of fused-ring (bicyclic) bond motifs is 2. The summed E-state index contributed by atoms with van der Waals surface area (Å²) in [6, 6.07) is 10.5. The van der Waals surface area contributed by atoms with Gasteiger partial charge in [-0.3, -0.25) is 5.10 Å². The summed E-state index contributed by atoms with van der Waals surface area (Å²) in [7, 11) is 0. The average Bonchev–Trinajstić information content (AvgIpc) is 3.33. The maximum absolute atomic E-state index is 5.85. The Labute approximate surface area is 168 Å². The predicted octanol–water partition coefficient (Wildman–Crippen LogP) is 3.77. The monoisotopic (exact) mass is 388 g/mol. The van der Waals surface area contributed by atoms with Gasteiger partial charge in [0.05, 0.1) is 35.3 Å². The van der Waals surface area contributed by atoms with Gasteiger partial charge in [-0.25, -0.2) is 9.50 Å². The second-order valence-corrected chi connectivity index (χ2v) is 8.78. The Balaban J connectivity index is 1.43. The fraction of sp³-hybridized carbons (Fsp3) is 0.409. The molecule has 0 radical (unpaired) electrons. The van der Waals surface area contributed by atoms with Crippen LogP contribution in [-0.2, 0) is 4.74 Å². The maximum Gasteiger partial charge on any atom is 0.154 e. The molecule has 29 heavy (non-hydrogen) atoms. The van der Waals surface area contributed by atoms with Crippen LogP contribution < -0.4 is 4.90 Å². The molecule has 0 bridgehead atoms. The number of rotatable bonds is 3. The third kappa shape index (κ3) is 2.88. The zero-order valence-electron chi connectivity index (χ0n) is 16.7. The summed E-state index contributed by atoms with van der Waals surface area (Å²) in [5.41, 5.74) is 5.08. The lowest BCUT2D eigenvalue weighted by molar-refractivity contribution is -0.0279. The number of nitrogens with zero attached hydrogens (tertiary/aromatic N) is 5. The standard InChI is InChI=1S/C22H24N6O/c1-22(2)13-27(9-10-29-22)20-8-7-19-23-12-18(28(19)26-20)15-5-6-17-16(11-15)21(25-24-17)14-3-4-14/h5-8,11-12,14H,3-4,9-10,13H2,1-2H3,(H,24,25). The summed E-state index contributed by atoms with van der Waals surface area (Å²) < 4.78 is 7.81. The number of benzene rings is 1. The summed E-state index contributed by atoms with van der Waals surface area (Å²) >= 11 is 0. The van der Waals surface area contributed by atoms with Gasteiger partial charge in [0, 0.05) is 30.0 Å². The summed E-state index contributed by atoms with van der Waals surface area (Å²) in [5, 5.41) is 13.9. The van der Waals surface area contributed by atoms with Gasteiger partial charge in [0.2, 0.25) is 0 Å². The molecule has 2 aliphatic rings. The van der Waals surface area contributed by atoms with Gasteiger partial charge >= 0.3 is 0 Å². The third-order valence-corrected chi connectivity index (χ3v) is 5.95. The molecule has 0 spiro atoms. The van der Waals surface area contributed by atoms with Gasteiger partial charge in [0.1, 0.15) is 5.82 Å². The maximum atomic E-state index is 5.85. The van der Waals surface area contributed by atoms with E-state index in [2.05, 4.69) is 58.2 Å². The van der Waals surface area contributed by atoms with Crippen LogP contribution in [0.2, 0.25) is 0 Å². The number of imidazole rings is 1. The molecule has 1 saturated carbocycles. The highest BCUT2D eigenvalue weighted by Crippen LogP contribution is 2.42. The van der Waals surface area contributed by atoms with Gasteiger partial charge < -0.3 is 9.64 Å². The molecule has 0 unspecified atom stereocenters. The molecule has 1 saturated heterocycles. The van der Waals surface area contributed by atoms with E-state index < -0.39 is 0 Å². The SMILES string of the molecule is CC1(C)CN(c2ccc3ncc(-c4ccc5[nH]nc(C6CC6)c5c4)n3n2)CCO1. The Morgan fingerprint density at radius 1 is 1.17 bits per heavy atom. The summed E-state index contributed by atoms with van der Waals surface area (Å²) in [4.78, 5) is 6.87. The number of H-pyrrole nitrogens is 1. The molecule has 4 heterocycles. The van der Waals surface area contributed by atoms with E-state index in [1.165, 1.54) is 23.9 Å². The van der Waals surface area contributed by atoms with Crippen molar-refractivity contribution in [3.63, 3.8) is 0 Å². The number of anilines is 1. The lowest BCUT2D eigenvalue weighted by atomic mass is 10.1. The fourth-order valence-electron chi connectivity index (χ4n) is 4.30. The predicted molar refractivity (Wildman–Crippen MR) is 112 cm³/mol. The van der Waals surface area contributed by atoms with Crippen LogP contribution in [0.1, 0.15) is 38.3 Å². The van der Waals surface area contributed by atoms with Crippen LogP contribution in [0.25, 0.3) is 27.8 Å². The highest BCUT2D eigenvalue weighted by Gasteiger charge is 2.29. The van der Waals surface area contributed by atoms with Crippen molar-refractivity contribution in [2.45, 2.75) is 38.2 Å². The molecular weight excluding hydrogens is 364 g/mol. The second-order valence-electron chi connectivity index (χ2n) is 8.78. The number of hydrogen-bond acceptors (Lipinski definition) is 5. The third-order valence-electron chi connectivity index (χ3n) is 5.95. The highest BCUT2D eigenvalue weighted by molar-refractivity contribution is 5.87. The molecule has 2 fully saturated rings. The van der Waals surface area contributed by atoms with E-state index in [0.717, 1.165) is 41.3 Å². The first-order chi connectivity index (χ1) is 14.1. The van der Waals surface area contributed by atoms with Gasteiger partial charge in [0.25, 0.3) is 0 Å². The van der Waals surface area contributed by atoms with Crippen LogP contribution >= 0.6 is 0 Å². The van der Waals surface area contributed by atoms with E-state index in [1.807, 2.05) is 16.8 Å². The van der Waals surface area contributed by atoms with Crippen molar-refractivity contribution in [2.75, 3.05) is 24.6 Å². The topological polar surface area (TPSA) is 71.3 Å². The van der Waals surface area contributed by atoms with Crippen LogP contribution in [0.4, 0.5) is 5.82 Å². The molecule has 1 N–H and O–H groups in total. The zero-order valence-corrected chi connectivity index (χ0v) is 16.7. The Morgan fingerprint density at radius 3 is 2.90 bits per heavy atom. The molecule has 6 rings (SSSR count). The van der Waals surface area contributed by atoms with Crippen LogP contribution in [0.15, 0.2) is 36.5 Å². The van der Waals surface area contributed by atoms with Crippen molar-refractivity contribution < 1.29 is 4.74 Å². The van der Waals surface area contributed by atoms with Gasteiger partial charge in [-0.15, -0.1) is 5.10 Å². The Morgan fingerprint density at radius 2 is 2.07 bits per heavy atom. The Hall–Kier alpha value is -2.93. The number of ether oxygens (including phenoxy) is 1. The molecule has 4 aromatic rings. The van der Waals surface area contributed by atoms with Gasteiger partial charge in [0.15, 0.2) is 5.65 Å². The normalized spacial score (nSPS) is 19.3. The molecule has 148 valence electrons. The summed E-state index contributed by atoms with van der Waals surface area (Å²) in [5.74, 6) is 1.56. The van der Waals surface area contributed by atoms with E-state index in [4.69, 9.17) is 9.84 Å². The van der Waals surface area contributed by atoms with E-state index in [-0.39, 0.29) is 5.60 Å². The highest BCUT2D eigenvalue weighted by atomic mass is 16.5. The number of hydrogen-bond donors (Lipinski definition) is 1. The van der Waals surface area contributed by atoms with E-state index in [0.29, 0.717) is 12.5 Å². The molecule has 3 aromatic heterocycles. The first-order valence-corrected chi connectivity index (χ1v) is 10.3. The minimum Gasteiger partial charge on any atom is -0.372 e. The van der Waals surface area contributed by atoms with Crippen molar-refractivity contribution in [2.24, 2.45) is 0 Å². The number of aromatic amines is 1. The first-order valence-electron chi connectivity index (χ1n) is 10.3. The summed E-state index contributed by atoms with van der Waals surface area (Å²) in [6.07, 6.45) is 4.38. The molecule has 1 aliphatic heterocycles. The number of morpholine rings is 1. The van der Waals surface area contributed by atoms with Crippen LogP contribution in [-0.4, -0.2) is 50.1 Å². The van der Waals surface area contributed by atoms with Crippen molar-refractivity contribution in [3.8, 4) is 11.3 Å². The minimum absolute atomic E-state index is 0.168. The van der Waals surface area contributed by atoms with Gasteiger partial charge in [-0.05, 0) is 51.0 Å². The van der Waals surface area contributed by atoms with E-state index in [9.17, 15) is 0 Å². The second kappa shape index (κ2) is 6.03. The number of aromatic nitrogens is 5. The van der Waals surface area contributed by atoms with Crippen LogP contribution in [0.5, 0.6) is 0 Å². The van der Waals surface area contributed by atoms with Gasteiger partial charge in [-0.2, -0.15) is 5.10 Å². The fourth-order valence-corrected chi connectivity index (χ4v) is 4.30. The van der Waals surface area contributed by atoms with Gasteiger partial charge in [-0.1, -0.05) is 6.07 Å². The molecule has 7 nitrogen and oxygen atoms in total.